The Balaban J connectivity index is 1.91. The molecular formula is C17H28N3O2+. The lowest BCUT2D eigenvalue weighted by molar-refractivity contribution is -0.914. The van der Waals surface area contributed by atoms with Crippen molar-refractivity contribution in [3.63, 3.8) is 0 Å². The van der Waals surface area contributed by atoms with E-state index in [4.69, 9.17) is 4.74 Å². The van der Waals surface area contributed by atoms with Crippen LogP contribution in [0.5, 0.6) is 5.75 Å². The van der Waals surface area contributed by atoms with Gasteiger partial charge in [0.15, 0.2) is 6.04 Å². The number of ether oxygens (including phenoxy) is 1. The molecule has 0 saturated carbocycles. The summed E-state index contributed by atoms with van der Waals surface area (Å²) >= 11 is 0. The number of nitrogens with zero attached hydrogens (tertiary/aromatic N) is 1. The third-order valence-electron chi connectivity index (χ3n) is 4.39. The molecule has 0 spiro atoms. The summed E-state index contributed by atoms with van der Waals surface area (Å²) in [4.78, 5) is 15.8. The molecule has 0 radical (unpaired) electrons. The molecule has 1 saturated heterocycles. The molecule has 0 bridgehead atoms. The lowest BCUT2D eigenvalue weighted by atomic mass is 10.2. The van der Waals surface area contributed by atoms with Crippen LogP contribution in [0.2, 0.25) is 0 Å². The molecule has 1 aliphatic heterocycles. The molecule has 5 heteroatoms. The normalized spacial score (nSPS) is 17.1. The highest BCUT2D eigenvalue weighted by Crippen LogP contribution is 2.27. The predicted molar refractivity (Wildman–Crippen MR) is 88.7 cm³/mol. The second-order valence-electron chi connectivity index (χ2n) is 5.83. The Hall–Kier alpha value is -1.75. The number of carbonyl (C=O) groups is 1. The molecule has 1 aromatic carbocycles. The lowest BCUT2D eigenvalue weighted by Crippen LogP contribution is -3.19. The molecule has 122 valence electrons. The van der Waals surface area contributed by atoms with Crippen LogP contribution in [0.3, 0.4) is 0 Å². The summed E-state index contributed by atoms with van der Waals surface area (Å²) in [5.41, 5.74) is 1.15. The predicted octanol–water partition coefficient (Wildman–Crippen LogP) is 0.315. The van der Waals surface area contributed by atoms with Crippen LogP contribution in [-0.4, -0.2) is 51.8 Å². The third-order valence-corrected chi connectivity index (χ3v) is 4.39. The molecule has 22 heavy (non-hydrogen) atoms. The fourth-order valence-corrected chi connectivity index (χ4v) is 2.95. The molecule has 5 nitrogen and oxygen atoms in total. The number of carbonyl (C=O) groups excluding carboxylic acids is 1. The van der Waals surface area contributed by atoms with Crippen LogP contribution in [-0.2, 0) is 4.79 Å². The van der Waals surface area contributed by atoms with Crippen LogP contribution in [0, 0.1) is 0 Å². The first-order valence-electron chi connectivity index (χ1n) is 8.17. The quantitative estimate of drug-likeness (QED) is 0.795. The first-order chi connectivity index (χ1) is 10.7. The van der Waals surface area contributed by atoms with E-state index in [9.17, 15) is 4.79 Å². The number of hydrogen-bond donors (Lipinski definition) is 2. The van der Waals surface area contributed by atoms with Crippen LogP contribution in [0.1, 0.15) is 20.3 Å². The summed E-state index contributed by atoms with van der Waals surface area (Å²) in [6.45, 7) is 8.70. The fraction of sp³-hybridized carbons (Fsp3) is 0.588. The summed E-state index contributed by atoms with van der Waals surface area (Å²) in [6, 6.07) is 8.14. The van der Waals surface area contributed by atoms with Crippen LogP contribution in [0.15, 0.2) is 24.3 Å². The summed E-state index contributed by atoms with van der Waals surface area (Å²) in [5, 5.41) is 3.00. The van der Waals surface area contributed by atoms with Gasteiger partial charge in [0.2, 0.25) is 0 Å². The van der Waals surface area contributed by atoms with Gasteiger partial charge >= 0.3 is 0 Å². The zero-order chi connectivity index (χ0) is 15.9. The summed E-state index contributed by atoms with van der Waals surface area (Å²) in [5.74, 6) is 1.09. The number of benzene rings is 1. The maximum absolute atomic E-state index is 12.1. The van der Waals surface area contributed by atoms with Gasteiger partial charge in [0, 0.05) is 6.54 Å². The molecular weight excluding hydrogens is 278 g/mol. The van der Waals surface area contributed by atoms with E-state index >= 15 is 0 Å². The standard InChI is InChI=1S/C17H27N3O2/c1-4-9-18-17(21)14(2)19-10-12-20(13-11-19)15-7-5-6-8-16(15)22-3/h5-8,14H,4,9-13H2,1-3H3,(H,18,21)/p+1/t14-/m0/s1. The average Bonchev–Trinajstić information content (AvgIpc) is 2.59. The van der Waals surface area contributed by atoms with E-state index in [1.165, 1.54) is 4.90 Å². The number of anilines is 1. The smallest absolute Gasteiger partial charge is 0.278 e. The van der Waals surface area contributed by atoms with Crippen LogP contribution in [0.4, 0.5) is 5.69 Å². The highest BCUT2D eigenvalue weighted by molar-refractivity contribution is 5.79. The molecule has 2 rings (SSSR count). The van der Waals surface area contributed by atoms with Gasteiger partial charge in [-0.1, -0.05) is 19.1 Å². The van der Waals surface area contributed by atoms with E-state index < -0.39 is 0 Å². The molecule has 1 aliphatic rings. The van der Waals surface area contributed by atoms with E-state index in [0.717, 1.165) is 50.6 Å². The molecule has 0 unspecified atom stereocenters. The van der Waals surface area contributed by atoms with Crippen molar-refractivity contribution >= 4 is 11.6 Å². The first kappa shape index (κ1) is 16.6. The Morgan fingerprint density at radius 2 is 2.05 bits per heavy atom. The van der Waals surface area contributed by atoms with Crippen molar-refractivity contribution in [1.82, 2.24) is 5.32 Å². The van der Waals surface area contributed by atoms with Gasteiger partial charge in [0.1, 0.15) is 5.75 Å². The minimum atomic E-state index is 0.0198. The second kappa shape index (κ2) is 8.03. The highest BCUT2D eigenvalue weighted by Gasteiger charge is 2.29. The van der Waals surface area contributed by atoms with Crippen LogP contribution >= 0.6 is 0 Å². The number of rotatable bonds is 6. The Kier molecular flexibility index (Phi) is 6.07. The molecule has 1 atom stereocenters. The minimum Gasteiger partial charge on any atom is -0.495 e. The van der Waals surface area contributed by atoms with E-state index in [2.05, 4.69) is 23.2 Å². The molecule has 1 amide bonds. The van der Waals surface area contributed by atoms with Crippen molar-refractivity contribution in [3.8, 4) is 5.75 Å². The van der Waals surface area contributed by atoms with Crippen molar-refractivity contribution in [3.05, 3.63) is 24.3 Å². The number of amides is 1. The summed E-state index contributed by atoms with van der Waals surface area (Å²) in [7, 11) is 1.71. The molecule has 0 aliphatic carbocycles. The van der Waals surface area contributed by atoms with E-state index in [-0.39, 0.29) is 11.9 Å². The second-order valence-corrected chi connectivity index (χ2v) is 5.83. The van der Waals surface area contributed by atoms with E-state index in [1.54, 1.807) is 7.11 Å². The van der Waals surface area contributed by atoms with Gasteiger partial charge < -0.3 is 19.9 Å². The number of nitrogens with one attached hydrogen (secondary N) is 2. The highest BCUT2D eigenvalue weighted by atomic mass is 16.5. The zero-order valence-electron chi connectivity index (χ0n) is 13.9. The number of para-hydroxylation sites is 2. The van der Waals surface area contributed by atoms with Crippen molar-refractivity contribution < 1.29 is 14.4 Å². The van der Waals surface area contributed by atoms with Gasteiger partial charge in [-0.25, -0.2) is 0 Å². The molecule has 1 heterocycles. The Morgan fingerprint density at radius 1 is 1.36 bits per heavy atom. The Labute approximate surface area is 133 Å². The molecule has 1 fully saturated rings. The maximum atomic E-state index is 12.1. The molecule has 2 N–H and O–H groups in total. The van der Waals surface area contributed by atoms with E-state index in [1.807, 2.05) is 25.1 Å². The Bertz CT molecular complexity index is 485. The monoisotopic (exact) mass is 306 g/mol. The van der Waals surface area contributed by atoms with E-state index in [0.29, 0.717) is 0 Å². The van der Waals surface area contributed by atoms with Gasteiger partial charge in [0.25, 0.3) is 5.91 Å². The third kappa shape index (κ3) is 3.91. The lowest BCUT2D eigenvalue weighted by Gasteiger charge is -2.36. The fourth-order valence-electron chi connectivity index (χ4n) is 2.95. The summed E-state index contributed by atoms with van der Waals surface area (Å²) < 4.78 is 5.44. The van der Waals surface area contributed by atoms with Crippen molar-refractivity contribution in [2.75, 3.05) is 44.7 Å². The van der Waals surface area contributed by atoms with Crippen LogP contribution in [0.25, 0.3) is 0 Å². The van der Waals surface area contributed by atoms with Gasteiger partial charge in [-0.3, -0.25) is 4.79 Å². The molecule has 0 aromatic heterocycles. The van der Waals surface area contributed by atoms with Crippen molar-refractivity contribution in [2.45, 2.75) is 26.3 Å². The topological polar surface area (TPSA) is 46.0 Å². The number of quaternary nitrogens is 1. The summed E-state index contributed by atoms with van der Waals surface area (Å²) in [6.07, 6.45) is 0.982. The maximum Gasteiger partial charge on any atom is 0.278 e. The Morgan fingerprint density at radius 3 is 2.68 bits per heavy atom. The van der Waals surface area contributed by atoms with Gasteiger partial charge in [-0.2, -0.15) is 0 Å². The van der Waals surface area contributed by atoms with Crippen molar-refractivity contribution in [2.24, 2.45) is 0 Å². The van der Waals surface area contributed by atoms with Gasteiger partial charge in [0.05, 0.1) is 39.0 Å². The minimum absolute atomic E-state index is 0.0198. The molecule has 1 aromatic rings. The SMILES string of the molecule is CCCNC(=O)[C@H](C)[NH+]1CCN(c2ccccc2OC)CC1. The zero-order valence-corrected chi connectivity index (χ0v) is 13.9. The van der Waals surface area contributed by atoms with Gasteiger partial charge in [-0.15, -0.1) is 0 Å². The first-order valence-corrected chi connectivity index (χ1v) is 8.17. The number of piperazine rings is 1. The van der Waals surface area contributed by atoms with Crippen molar-refractivity contribution in [1.29, 1.82) is 0 Å². The van der Waals surface area contributed by atoms with Gasteiger partial charge in [-0.05, 0) is 25.5 Å². The number of hydrogen-bond acceptors (Lipinski definition) is 3. The number of methoxy groups -OCH3 is 1. The van der Waals surface area contributed by atoms with Crippen LogP contribution < -0.4 is 19.9 Å². The largest absolute Gasteiger partial charge is 0.495 e. The average molecular weight is 306 g/mol.